The quantitative estimate of drug-likeness (QED) is 0.505. The summed E-state index contributed by atoms with van der Waals surface area (Å²) < 4.78 is 11.8. The van der Waals surface area contributed by atoms with Gasteiger partial charge in [0.05, 0.1) is 29.9 Å². The molecule has 1 aliphatic rings. The highest BCUT2D eigenvalue weighted by Crippen LogP contribution is 2.23. The minimum absolute atomic E-state index is 0.206. The van der Waals surface area contributed by atoms with Gasteiger partial charge in [-0.05, 0) is 52.2 Å². The Labute approximate surface area is 177 Å². The second-order valence-electron chi connectivity index (χ2n) is 7.35. The number of hydrogen-bond donors (Lipinski definition) is 2. The summed E-state index contributed by atoms with van der Waals surface area (Å²) in [6.45, 7) is 11.8. The van der Waals surface area contributed by atoms with Gasteiger partial charge in [-0.25, -0.2) is 9.98 Å². The van der Waals surface area contributed by atoms with E-state index >= 15 is 0 Å². The summed E-state index contributed by atoms with van der Waals surface area (Å²) in [5.41, 5.74) is 3.34. The number of thiazole rings is 1. The summed E-state index contributed by atoms with van der Waals surface area (Å²) in [6, 6.07) is 6.29. The molecule has 0 aliphatic carbocycles. The van der Waals surface area contributed by atoms with Crippen LogP contribution in [0.4, 0.5) is 0 Å². The van der Waals surface area contributed by atoms with Crippen molar-refractivity contribution < 1.29 is 9.47 Å². The lowest BCUT2D eigenvalue weighted by Gasteiger charge is -2.15. The normalized spacial score (nSPS) is 16.8. The van der Waals surface area contributed by atoms with E-state index in [0.717, 1.165) is 60.5 Å². The van der Waals surface area contributed by atoms with Crippen LogP contribution in [0.3, 0.4) is 0 Å². The maximum Gasteiger partial charge on any atom is 0.191 e. The molecule has 1 aromatic carbocycles. The Morgan fingerprint density at radius 1 is 1.31 bits per heavy atom. The van der Waals surface area contributed by atoms with Crippen LogP contribution >= 0.6 is 11.3 Å². The third kappa shape index (κ3) is 6.44. The highest BCUT2D eigenvalue weighted by Gasteiger charge is 2.17. The molecule has 7 heteroatoms. The molecule has 0 spiro atoms. The molecule has 1 aromatic heterocycles. The van der Waals surface area contributed by atoms with E-state index in [9.17, 15) is 0 Å². The second kappa shape index (κ2) is 10.6. The van der Waals surface area contributed by atoms with Crippen molar-refractivity contribution in [3.8, 4) is 5.75 Å². The number of nitrogens with one attached hydrogen (secondary N) is 2. The molecular weight excluding hydrogens is 384 g/mol. The van der Waals surface area contributed by atoms with Crippen molar-refractivity contribution in [1.29, 1.82) is 0 Å². The fraction of sp³-hybridized carbons (Fsp3) is 0.545. The SMILES string of the molecule is CCNC(=NCc1ccc(C)cc1OCC1CCCO1)NCc1sc(C)nc1C. The molecule has 0 radical (unpaired) electrons. The Balaban J connectivity index is 1.65. The minimum atomic E-state index is 0.206. The van der Waals surface area contributed by atoms with E-state index in [1.165, 1.54) is 10.4 Å². The van der Waals surface area contributed by atoms with Crippen molar-refractivity contribution in [2.75, 3.05) is 19.8 Å². The van der Waals surface area contributed by atoms with E-state index in [1.807, 2.05) is 6.92 Å². The average Bonchev–Trinajstić information content (AvgIpc) is 3.32. The molecular formula is C22H32N4O2S. The largest absolute Gasteiger partial charge is 0.491 e. The fourth-order valence-corrected chi connectivity index (χ4v) is 4.17. The monoisotopic (exact) mass is 416 g/mol. The van der Waals surface area contributed by atoms with E-state index in [0.29, 0.717) is 13.2 Å². The van der Waals surface area contributed by atoms with Crippen LogP contribution in [0.1, 0.15) is 46.5 Å². The van der Waals surface area contributed by atoms with E-state index in [2.05, 4.69) is 54.6 Å². The van der Waals surface area contributed by atoms with Gasteiger partial charge in [-0.15, -0.1) is 11.3 Å². The third-order valence-corrected chi connectivity index (χ3v) is 5.91. The molecule has 1 aliphatic heterocycles. The van der Waals surface area contributed by atoms with E-state index in [4.69, 9.17) is 14.5 Å². The smallest absolute Gasteiger partial charge is 0.191 e. The molecule has 0 bridgehead atoms. The highest BCUT2D eigenvalue weighted by atomic mass is 32.1. The number of hydrogen-bond acceptors (Lipinski definition) is 5. The van der Waals surface area contributed by atoms with Crippen LogP contribution < -0.4 is 15.4 Å². The number of nitrogens with zero attached hydrogens (tertiary/aromatic N) is 2. The fourth-order valence-electron chi connectivity index (χ4n) is 3.29. The van der Waals surface area contributed by atoms with Crippen molar-refractivity contribution in [1.82, 2.24) is 15.6 Å². The van der Waals surface area contributed by atoms with Gasteiger partial charge in [0.2, 0.25) is 0 Å². The van der Waals surface area contributed by atoms with Gasteiger partial charge >= 0.3 is 0 Å². The molecule has 158 valence electrons. The van der Waals surface area contributed by atoms with Crippen molar-refractivity contribution in [3.05, 3.63) is 44.9 Å². The van der Waals surface area contributed by atoms with Gasteiger partial charge in [0.25, 0.3) is 0 Å². The average molecular weight is 417 g/mol. The first kappa shape index (κ1) is 21.6. The van der Waals surface area contributed by atoms with Crippen molar-refractivity contribution in [3.63, 3.8) is 0 Å². The van der Waals surface area contributed by atoms with Crippen LogP contribution in [-0.2, 0) is 17.8 Å². The first-order valence-electron chi connectivity index (χ1n) is 10.3. The van der Waals surface area contributed by atoms with Gasteiger partial charge in [0, 0.05) is 23.6 Å². The van der Waals surface area contributed by atoms with E-state index in [-0.39, 0.29) is 6.10 Å². The maximum atomic E-state index is 6.10. The van der Waals surface area contributed by atoms with Gasteiger partial charge in [-0.1, -0.05) is 12.1 Å². The second-order valence-corrected chi connectivity index (χ2v) is 8.64. The molecule has 2 aromatic rings. The predicted octanol–water partition coefficient (Wildman–Crippen LogP) is 3.88. The number of guanidine groups is 1. The zero-order valence-corrected chi connectivity index (χ0v) is 18.7. The molecule has 0 saturated carbocycles. The van der Waals surface area contributed by atoms with Crippen LogP contribution in [0.2, 0.25) is 0 Å². The minimum Gasteiger partial charge on any atom is -0.491 e. The molecule has 1 atom stereocenters. The number of aromatic nitrogens is 1. The van der Waals surface area contributed by atoms with Gasteiger partial charge in [-0.2, -0.15) is 0 Å². The summed E-state index contributed by atoms with van der Waals surface area (Å²) in [4.78, 5) is 10.5. The number of aryl methyl sites for hydroxylation is 3. The maximum absolute atomic E-state index is 6.10. The third-order valence-electron chi connectivity index (χ3n) is 4.84. The lowest BCUT2D eigenvalue weighted by molar-refractivity contribution is 0.0676. The Bertz CT molecular complexity index is 828. The molecule has 1 fully saturated rings. The van der Waals surface area contributed by atoms with Gasteiger partial charge in [0.15, 0.2) is 5.96 Å². The van der Waals surface area contributed by atoms with Gasteiger partial charge < -0.3 is 20.1 Å². The van der Waals surface area contributed by atoms with Gasteiger partial charge in [0.1, 0.15) is 12.4 Å². The molecule has 6 nitrogen and oxygen atoms in total. The summed E-state index contributed by atoms with van der Waals surface area (Å²) in [5, 5.41) is 7.83. The predicted molar refractivity (Wildman–Crippen MR) is 119 cm³/mol. The molecule has 2 heterocycles. The zero-order chi connectivity index (χ0) is 20.6. The molecule has 1 unspecified atom stereocenters. The molecule has 1 saturated heterocycles. The zero-order valence-electron chi connectivity index (χ0n) is 17.9. The first-order valence-corrected chi connectivity index (χ1v) is 11.2. The standard InChI is InChI=1S/C22H32N4O2S/c1-5-23-22(25-13-21-16(3)26-17(4)29-21)24-12-18-9-8-15(2)11-20(18)28-14-19-7-6-10-27-19/h8-9,11,19H,5-7,10,12-14H2,1-4H3,(H2,23,24,25). The van der Waals surface area contributed by atoms with Crippen LogP contribution in [0, 0.1) is 20.8 Å². The van der Waals surface area contributed by atoms with Crippen LogP contribution in [0.25, 0.3) is 0 Å². The Kier molecular flexibility index (Phi) is 7.89. The van der Waals surface area contributed by atoms with Crippen molar-refractivity contribution in [2.45, 2.75) is 59.7 Å². The van der Waals surface area contributed by atoms with Gasteiger partial charge in [-0.3, -0.25) is 0 Å². The molecule has 3 rings (SSSR count). The Hall–Kier alpha value is -2.12. The number of aliphatic imine (C=N–C) groups is 1. The molecule has 2 N–H and O–H groups in total. The Morgan fingerprint density at radius 3 is 2.86 bits per heavy atom. The lowest BCUT2D eigenvalue weighted by Crippen LogP contribution is -2.36. The van der Waals surface area contributed by atoms with Crippen molar-refractivity contribution in [2.24, 2.45) is 4.99 Å². The number of ether oxygens (including phenoxy) is 2. The van der Waals surface area contributed by atoms with Crippen LogP contribution in [-0.4, -0.2) is 36.8 Å². The molecule has 0 amide bonds. The first-order chi connectivity index (χ1) is 14.0. The van der Waals surface area contributed by atoms with Crippen molar-refractivity contribution >= 4 is 17.3 Å². The summed E-state index contributed by atoms with van der Waals surface area (Å²) in [5.74, 6) is 1.69. The van der Waals surface area contributed by atoms with E-state index < -0.39 is 0 Å². The van der Waals surface area contributed by atoms with E-state index in [1.54, 1.807) is 11.3 Å². The van der Waals surface area contributed by atoms with Crippen LogP contribution in [0.15, 0.2) is 23.2 Å². The molecule has 29 heavy (non-hydrogen) atoms. The number of rotatable bonds is 8. The summed E-state index contributed by atoms with van der Waals surface area (Å²) >= 11 is 1.72. The topological polar surface area (TPSA) is 67.8 Å². The lowest BCUT2D eigenvalue weighted by atomic mass is 10.1. The number of benzene rings is 1. The summed E-state index contributed by atoms with van der Waals surface area (Å²) in [7, 11) is 0. The summed E-state index contributed by atoms with van der Waals surface area (Å²) in [6.07, 6.45) is 2.40. The van der Waals surface area contributed by atoms with Crippen LogP contribution in [0.5, 0.6) is 5.75 Å². The Morgan fingerprint density at radius 2 is 2.17 bits per heavy atom. The highest BCUT2D eigenvalue weighted by molar-refractivity contribution is 7.11.